The fraction of sp³-hybridized carbons (Fsp3) is 0.500. The van der Waals surface area contributed by atoms with Crippen LogP contribution in [-0.4, -0.2) is 37.8 Å². The molecule has 3 N–H and O–H groups in total. The van der Waals surface area contributed by atoms with Crippen LogP contribution in [0.1, 0.15) is 13.8 Å². The van der Waals surface area contributed by atoms with Gasteiger partial charge in [-0.15, -0.1) is 0 Å². The molecule has 0 bridgehead atoms. The van der Waals surface area contributed by atoms with E-state index in [4.69, 9.17) is 15.2 Å². The Hall–Kier alpha value is -1.59. The number of nitrogens with one attached hydrogen (secondary N) is 1. The fourth-order valence-electron chi connectivity index (χ4n) is 1.36. The molecule has 1 rings (SSSR count). The minimum absolute atomic E-state index is 0.0155. The highest BCUT2D eigenvalue weighted by Gasteiger charge is 2.17. The van der Waals surface area contributed by atoms with E-state index in [9.17, 15) is 4.79 Å². The van der Waals surface area contributed by atoms with Crippen molar-refractivity contribution in [3.05, 3.63) is 30.3 Å². The first kappa shape index (κ1) is 15.5. The highest BCUT2D eigenvalue weighted by atomic mass is 16.5. The van der Waals surface area contributed by atoms with Crippen LogP contribution in [0.15, 0.2) is 30.3 Å². The first-order chi connectivity index (χ1) is 9.03. The number of para-hydroxylation sites is 1. The zero-order valence-corrected chi connectivity index (χ0v) is 11.5. The predicted octanol–water partition coefficient (Wildman–Crippen LogP) is 0.935. The molecule has 0 aromatic heterocycles. The predicted molar refractivity (Wildman–Crippen MR) is 74.0 cm³/mol. The molecule has 0 aliphatic carbocycles. The first-order valence-electron chi connectivity index (χ1n) is 6.30. The lowest BCUT2D eigenvalue weighted by molar-refractivity contribution is -0.127. The molecule has 19 heavy (non-hydrogen) atoms. The molecule has 0 saturated carbocycles. The molecule has 0 fully saturated rings. The van der Waals surface area contributed by atoms with Gasteiger partial charge in [0.25, 0.3) is 0 Å². The molecule has 0 spiro atoms. The number of hydrogen-bond donors (Lipinski definition) is 2. The molecule has 1 aromatic carbocycles. The van der Waals surface area contributed by atoms with Gasteiger partial charge in [-0.05, 0) is 26.0 Å². The molecule has 1 aromatic rings. The Morgan fingerprint density at radius 2 is 1.95 bits per heavy atom. The van der Waals surface area contributed by atoms with E-state index in [1.165, 1.54) is 0 Å². The van der Waals surface area contributed by atoms with Gasteiger partial charge in [0, 0.05) is 12.1 Å². The highest BCUT2D eigenvalue weighted by Crippen LogP contribution is 2.07. The average Bonchev–Trinajstić information content (AvgIpc) is 2.39. The van der Waals surface area contributed by atoms with Crippen molar-refractivity contribution in [1.82, 2.24) is 5.32 Å². The Labute approximate surface area is 114 Å². The number of hydrogen-bond acceptors (Lipinski definition) is 4. The second kappa shape index (κ2) is 7.76. The van der Waals surface area contributed by atoms with Crippen molar-refractivity contribution in [2.75, 3.05) is 26.4 Å². The molecule has 0 radical (unpaired) electrons. The minimum Gasteiger partial charge on any atom is -0.491 e. The quantitative estimate of drug-likeness (QED) is 0.687. The topological polar surface area (TPSA) is 73.6 Å². The lowest BCUT2D eigenvalue weighted by Gasteiger charge is -2.24. The SMILES string of the molecule is CC(C)(CN)NC(=O)COCCOc1ccccc1. The smallest absolute Gasteiger partial charge is 0.246 e. The van der Waals surface area contributed by atoms with Crippen molar-refractivity contribution in [2.45, 2.75) is 19.4 Å². The van der Waals surface area contributed by atoms with Crippen LogP contribution in [0.2, 0.25) is 0 Å². The van der Waals surface area contributed by atoms with Crippen molar-refractivity contribution < 1.29 is 14.3 Å². The summed E-state index contributed by atoms with van der Waals surface area (Å²) in [6.07, 6.45) is 0. The number of ether oxygens (including phenoxy) is 2. The van der Waals surface area contributed by atoms with Crippen molar-refractivity contribution in [3.63, 3.8) is 0 Å². The van der Waals surface area contributed by atoms with Crippen LogP contribution in [0, 0.1) is 0 Å². The molecule has 0 aliphatic heterocycles. The van der Waals surface area contributed by atoms with Gasteiger partial charge in [-0.1, -0.05) is 18.2 Å². The standard InChI is InChI=1S/C14H22N2O3/c1-14(2,11-15)16-13(17)10-18-8-9-19-12-6-4-3-5-7-12/h3-7H,8-11,15H2,1-2H3,(H,16,17). The van der Waals surface area contributed by atoms with Gasteiger partial charge >= 0.3 is 0 Å². The summed E-state index contributed by atoms with van der Waals surface area (Å²) in [4.78, 5) is 11.5. The molecule has 0 saturated heterocycles. The monoisotopic (exact) mass is 266 g/mol. The summed E-state index contributed by atoms with van der Waals surface area (Å²) < 4.78 is 10.7. The molecular weight excluding hydrogens is 244 g/mol. The lowest BCUT2D eigenvalue weighted by Crippen LogP contribution is -2.50. The van der Waals surface area contributed by atoms with E-state index in [1.807, 2.05) is 44.2 Å². The molecule has 0 aliphatic rings. The Bertz CT molecular complexity index is 380. The van der Waals surface area contributed by atoms with Crippen LogP contribution in [-0.2, 0) is 9.53 Å². The number of carbonyl (C=O) groups is 1. The van der Waals surface area contributed by atoms with E-state index in [-0.39, 0.29) is 12.5 Å². The molecule has 0 unspecified atom stereocenters. The normalized spacial score (nSPS) is 11.1. The zero-order chi connectivity index (χ0) is 14.1. The summed E-state index contributed by atoms with van der Waals surface area (Å²) in [5.74, 6) is 0.620. The Morgan fingerprint density at radius 3 is 2.58 bits per heavy atom. The third-order valence-corrected chi connectivity index (χ3v) is 2.46. The Morgan fingerprint density at radius 1 is 1.26 bits per heavy atom. The Balaban J connectivity index is 2.09. The maximum Gasteiger partial charge on any atom is 0.246 e. The number of amides is 1. The van der Waals surface area contributed by atoms with Crippen molar-refractivity contribution in [1.29, 1.82) is 0 Å². The summed E-state index contributed by atoms with van der Waals surface area (Å²) in [5, 5.41) is 2.78. The lowest BCUT2D eigenvalue weighted by atomic mass is 10.1. The van der Waals surface area contributed by atoms with E-state index in [2.05, 4.69) is 5.32 Å². The molecule has 0 heterocycles. The van der Waals surface area contributed by atoms with Crippen molar-refractivity contribution in [2.24, 2.45) is 5.73 Å². The maximum atomic E-state index is 11.5. The third-order valence-electron chi connectivity index (χ3n) is 2.46. The van der Waals surface area contributed by atoms with Gasteiger partial charge in [0.1, 0.15) is 19.0 Å². The summed E-state index contributed by atoms with van der Waals surface area (Å²) in [6.45, 7) is 4.91. The van der Waals surface area contributed by atoms with Gasteiger partial charge in [0.05, 0.1) is 6.61 Å². The number of rotatable bonds is 8. The van der Waals surface area contributed by atoms with Crippen molar-refractivity contribution >= 4 is 5.91 Å². The average molecular weight is 266 g/mol. The minimum atomic E-state index is -0.402. The van der Waals surface area contributed by atoms with Crippen LogP contribution in [0.4, 0.5) is 0 Å². The van der Waals surface area contributed by atoms with E-state index in [0.717, 1.165) is 5.75 Å². The molecular formula is C14H22N2O3. The molecule has 1 amide bonds. The highest BCUT2D eigenvalue weighted by molar-refractivity contribution is 5.77. The summed E-state index contributed by atoms with van der Waals surface area (Å²) in [7, 11) is 0. The van der Waals surface area contributed by atoms with Gasteiger partial charge in [-0.2, -0.15) is 0 Å². The van der Waals surface area contributed by atoms with Crippen LogP contribution < -0.4 is 15.8 Å². The zero-order valence-electron chi connectivity index (χ0n) is 11.5. The van der Waals surface area contributed by atoms with E-state index in [1.54, 1.807) is 0 Å². The van der Waals surface area contributed by atoms with Gasteiger partial charge in [-0.3, -0.25) is 4.79 Å². The van der Waals surface area contributed by atoms with Gasteiger partial charge in [0.15, 0.2) is 0 Å². The summed E-state index contributed by atoms with van der Waals surface area (Å²) in [6, 6.07) is 9.47. The van der Waals surface area contributed by atoms with Crippen LogP contribution >= 0.6 is 0 Å². The third kappa shape index (κ3) is 6.79. The Kier molecular flexibility index (Phi) is 6.32. The summed E-state index contributed by atoms with van der Waals surface area (Å²) in [5.41, 5.74) is 5.12. The van der Waals surface area contributed by atoms with E-state index in [0.29, 0.717) is 19.8 Å². The van der Waals surface area contributed by atoms with Gasteiger partial charge < -0.3 is 20.5 Å². The molecule has 0 atom stereocenters. The summed E-state index contributed by atoms with van der Waals surface area (Å²) >= 11 is 0. The number of carbonyl (C=O) groups excluding carboxylic acids is 1. The largest absolute Gasteiger partial charge is 0.491 e. The van der Waals surface area contributed by atoms with E-state index >= 15 is 0 Å². The maximum absolute atomic E-state index is 11.5. The second-order valence-electron chi connectivity index (χ2n) is 4.85. The van der Waals surface area contributed by atoms with Gasteiger partial charge in [0.2, 0.25) is 5.91 Å². The fourth-order valence-corrected chi connectivity index (χ4v) is 1.36. The van der Waals surface area contributed by atoms with Crippen LogP contribution in [0.5, 0.6) is 5.75 Å². The molecule has 106 valence electrons. The number of benzene rings is 1. The number of nitrogens with two attached hydrogens (primary N) is 1. The van der Waals surface area contributed by atoms with Crippen LogP contribution in [0.3, 0.4) is 0 Å². The first-order valence-corrected chi connectivity index (χ1v) is 6.30. The van der Waals surface area contributed by atoms with Crippen molar-refractivity contribution in [3.8, 4) is 5.75 Å². The van der Waals surface area contributed by atoms with Gasteiger partial charge in [-0.25, -0.2) is 0 Å². The van der Waals surface area contributed by atoms with Crippen LogP contribution in [0.25, 0.3) is 0 Å². The second-order valence-corrected chi connectivity index (χ2v) is 4.85. The molecule has 5 nitrogen and oxygen atoms in total. The van der Waals surface area contributed by atoms with E-state index < -0.39 is 5.54 Å². The molecule has 5 heteroatoms.